The van der Waals surface area contributed by atoms with Crippen LogP contribution in [0.15, 0.2) is 54.6 Å². The van der Waals surface area contributed by atoms with Crippen molar-refractivity contribution in [2.75, 3.05) is 23.4 Å². The van der Waals surface area contributed by atoms with Crippen molar-refractivity contribution < 1.29 is 4.79 Å². The minimum atomic E-state index is -0.148. The first kappa shape index (κ1) is 16.3. The van der Waals surface area contributed by atoms with Gasteiger partial charge in [-0.3, -0.25) is 0 Å². The number of anilines is 1. The fourth-order valence-electron chi connectivity index (χ4n) is 2.45. The molecule has 0 atom stereocenters. The van der Waals surface area contributed by atoms with Crippen LogP contribution in [0.3, 0.4) is 0 Å². The van der Waals surface area contributed by atoms with Crippen molar-refractivity contribution in [1.29, 1.82) is 0 Å². The highest BCUT2D eigenvalue weighted by molar-refractivity contribution is 8.19. The van der Waals surface area contributed by atoms with E-state index in [-0.39, 0.29) is 6.03 Å². The molecule has 0 spiro atoms. The van der Waals surface area contributed by atoms with E-state index in [4.69, 9.17) is 0 Å². The number of hydrogen-bond donors (Lipinski definition) is 2. The summed E-state index contributed by atoms with van der Waals surface area (Å²) in [6.45, 7) is 0.629. The zero-order chi connectivity index (χ0) is 15.9. The van der Waals surface area contributed by atoms with Gasteiger partial charge in [0.1, 0.15) is 0 Å². The molecule has 2 aromatic rings. The lowest BCUT2D eigenvalue weighted by Gasteiger charge is -2.12. The molecular weight excluding hydrogens is 324 g/mol. The summed E-state index contributed by atoms with van der Waals surface area (Å²) in [5.41, 5.74) is 3.36. The van der Waals surface area contributed by atoms with E-state index >= 15 is 0 Å². The molecule has 2 amide bonds. The lowest BCUT2D eigenvalue weighted by Crippen LogP contribution is -2.30. The Kier molecular flexibility index (Phi) is 5.88. The van der Waals surface area contributed by atoms with Gasteiger partial charge < -0.3 is 10.6 Å². The second-order valence-corrected chi connectivity index (χ2v) is 8.04. The summed E-state index contributed by atoms with van der Waals surface area (Å²) in [7, 11) is 0. The summed E-state index contributed by atoms with van der Waals surface area (Å²) in [5.74, 6) is 2.40. The fourth-order valence-corrected chi connectivity index (χ4v) is 5.29. The van der Waals surface area contributed by atoms with Gasteiger partial charge in [-0.2, -0.15) is 0 Å². The van der Waals surface area contributed by atoms with Gasteiger partial charge in [0.15, 0.2) is 0 Å². The van der Waals surface area contributed by atoms with E-state index in [9.17, 15) is 4.79 Å². The summed E-state index contributed by atoms with van der Waals surface area (Å²) in [6.07, 6.45) is 0.837. The highest BCUT2D eigenvalue weighted by atomic mass is 32.2. The zero-order valence-corrected chi connectivity index (χ0v) is 14.5. The van der Waals surface area contributed by atoms with Crippen LogP contribution < -0.4 is 10.6 Å². The largest absolute Gasteiger partial charge is 0.338 e. The number of carbonyl (C=O) groups excluding carboxylic acids is 1. The first-order valence-electron chi connectivity index (χ1n) is 7.73. The van der Waals surface area contributed by atoms with Crippen LogP contribution >= 0.6 is 23.5 Å². The lowest BCUT2D eigenvalue weighted by molar-refractivity contribution is 0.252. The molecule has 2 aromatic carbocycles. The maximum absolute atomic E-state index is 12.0. The van der Waals surface area contributed by atoms with Gasteiger partial charge >= 0.3 is 6.03 Å². The second kappa shape index (κ2) is 8.31. The molecule has 3 rings (SSSR count). The topological polar surface area (TPSA) is 41.1 Å². The number of rotatable bonds is 5. The molecule has 23 heavy (non-hydrogen) atoms. The minimum absolute atomic E-state index is 0.148. The molecule has 1 aliphatic heterocycles. The van der Waals surface area contributed by atoms with Gasteiger partial charge in [0.05, 0.1) is 4.58 Å². The van der Waals surface area contributed by atoms with Crippen LogP contribution in [-0.2, 0) is 6.42 Å². The Labute approximate surface area is 145 Å². The normalized spacial score (nSPS) is 14.6. The van der Waals surface area contributed by atoms with E-state index in [0.717, 1.165) is 12.1 Å². The number of amides is 2. The van der Waals surface area contributed by atoms with Crippen molar-refractivity contribution in [3.05, 3.63) is 65.7 Å². The van der Waals surface area contributed by atoms with Gasteiger partial charge in [-0.05, 0) is 29.7 Å². The average molecular weight is 345 g/mol. The van der Waals surface area contributed by atoms with Crippen molar-refractivity contribution in [2.45, 2.75) is 11.0 Å². The van der Waals surface area contributed by atoms with E-state index < -0.39 is 0 Å². The van der Waals surface area contributed by atoms with Crippen LogP contribution in [0.5, 0.6) is 0 Å². The van der Waals surface area contributed by atoms with Gasteiger partial charge in [-0.25, -0.2) is 4.79 Å². The molecule has 5 heteroatoms. The number of benzene rings is 2. The van der Waals surface area contributed by atoms with Gasteiger partial charge in [-0.15, -0.1) is 23.5 Å². The third-order valence-electron chi connectivity index (χ3n) is 3.58. The van der Waals surface area contributed by atoms with E-state index in [1.165, 1.54) is 22.6 Å². The Hall–Kier alpha value is -1.59. The first-order valence-corrected chi connectivity index (χ1v) is 9.83. The molecule has 1 fully saturated rings. The average Bonchev–Trinajstić information content (AvgIpc) is 3.11. The van der Waals surface area contributed by atoms with Crippen LogP contribution in [0.4, 0.5) is 10.5 Å². The molecule has 0 aliphatic carbocycles. The van der Waals surface area contributed by atoms with Crippen LogP contribution in [0.1, 0.15) is 15.7 Å². The smallest absolute Gasteiger partial charge is 0.319 e. The summed E-state index contributed by atoms with van der Waals surface area (Å²) in [4.78, 5) is 12.0. The summed E-state index contributed by atoms with van der Waals surface area (Å²) in [5, 5.41) is 5.83. The summed E-state index contributed by atoms with van der Waals surface area (Å²) < 4.78 is 0.498. The monoisotopic (exact) mass is 344 g/mol. The number of nitrogens with one attached hydrogen (secondary N) is 2. The molecule has 1 saturated heterocycles. The van der Waals surface area contributed by atoms with Crippen LogP contribution in [-0.4, -0.2) is 24.1 Å². The van der Waals surface area contributed by atoms with Gasteiger partial charge in [-0.1, -0.05) is 42.5 Å². The molecule has 0 unspecified atom stereocenters. The third-order valence-corrected chi connectivity index (χ3v) is 6.68. The van der Waals surface area contributed by atoms with Crippen LogP contribution in [0.2, 0.25) is 0 Å². The Balaban J connectivity index is 1.48. The predicted octanol–water partition coefficient (Wildman–Crippen LogP) is 4.53. The quantitative estimate of drug-likeness (QED) is 0.837. The SMILES string of the molecule is O=C(NCCc1ccccc1)Nc1cccc(C2SCCS2)c1. The standard InChI is InChI=1S/C18H20N2OS2/c21-18(19-10-9-14-5-2-1-3-6-14)20-16-8-4-7-15(13-16)17-22-11-12-23-17/h1-8,13,17H,9-12H2,(H2,19,20,21). The fraction of sp³-hybridized carbons (Fsp3) is 0.278. The molecule has 1 heterocycles. The molecular formula is C18H20N2OS2. The van der Waals surface area contributed by atoms with Crippen molar-refractivity contribution >= 4 is 35.2 Å². The maximum Gasteiger partial charge on any atom is 0.319 e. The van der Waals surface area contributed by atoms with Crippen molar-refractivity contribution in [1.82, 2.24) is 5.32 Å². The maximum atomic E-state index is 12.0. The molecule has 0 bridgehead atoms. The van der Waals surface area contributed by atoms with Crippen molar-refractivity contribution in [3.8, 4) is 0 Å². The highest BCUT2D eigenvalue weighted by Crippen LogP contribution is 2.45. The van der Waals surface area contributed by atoms with E-state index in [2.05, 4.69) is 34.9 Å². The minimum Gasteiger partial charge on any atom is -0.338 e. The van der Waals surface area contributed by atoms with Crippen LogP contribution in [0, 0.1) is 0 Å². The number of thioether (sulfide) groups is 2. The molecule has 0 radical (unpaired) electrons. The number of urea groups is 1. The summed E-state index contributed by atoms with van der Waals surface area (Å²) in [6, 6.07) is 18.2. The van der Waals surface area contributed by atoms with Gasteiger partial charge in [0, 0.05) is 23.7 Å². The van der Waals surface area contributed by atoms with Crippen molar-refractivity contribution in [3.63, 3.8) is 0 Å². The van der Waals surface area contributed by atoms with Gasteiger partial charge in [0.25, 0.3) is 0 Å². The Morgan fingerprint density at radius 1 is 1.04 bits per heavy atom. The van der Waals surface area contributed by atoms with Crippen LogP contribution in [0.25, 0.3) is 0 Å². The highest BCUT2D eigenvalue weighted by Gasteiger charge is 2.18. The molecule has 3 nitrogen and oxygen atoms in total. The zero-order valence-electron chi connectivity index (χ0n) is 12.8. The molecule has 0 saturated carbocycles. The molecule has 0 aromatic heterocycles. The molecule has 120 valence electrons. The lowest BCUT2D eigenvalue weighted by atomic mass is 10.1. The molecule has 2 N–H and O–H groups in total. The van der Waals surface area contributed by atoms with E-state index in [1.807, 2.05) is 53.9 Å². The third kappa shape index (κ3) is 4.94. The Morgan fingerprint density at radius 3 is 2.61 bits per heavy atom. The first-order chi connectivity index (χ1) is 11.3. The number of carbonyl (C=O) groups is 1. The predicted molar refractivity (Wildman–Crippen MR) is 101 cm³/mol. The van der Waals surface area contributed by atoms with E-state index in [0.29, 0.717) is 11.1 Å². The Morgan fingerprint density at radius 2 is 1.83 bits per heavy atom. The molecule has 1 aliphatic rings. The summed E-state index contributed by atoms with van der Waals surface area (Å²) >= 11 is 3.94. The van der Waals surface area contributed by atoms with Gasteiger partial charge in [0.2, 0.25) is 0 Å². The number of hydrogen-bond acceptors (Lipinski definition) is 3. The van der Waals surface area contributed by atoms with Crippen molar-refractivity contribution in [2.24, 2.45) is 0 Å². The second-order valence-electron chi connectivity index (χ2n) is 5.32. The Bertz CT molecular complexity index is 642. The van der Waals surface area contributed by atoms with E-state index in [1.54, 1.807) is 0 Å².